The Morgan fingerprint density at radius 2 is 2.12 bits per heavy atom. The number of Topliss-reactive ketones (excluding diaryl/α,β-unsaturated/α-hetero) is 1. The van der Waals surface area contributed by atoms with Crippen LogP contribution < -0.4 is 5.76 Å². The van der Waals surface area contributed by atoms with Gasteiger partial charge in [0.05, 0.1) is 4.88 Å². The normalized spacial score (nSPS) is 14.1. The molecule has 1 aliphatic heterocycles. The van der Waals surface area contributed by atoms with Crippen molar-refractivity contribution in [1.82, 2.24) is 19.7 Å². The number of aromatic nitrogens is 3. The maximum absolute atomic E-state index is 12.4. The van der Waals surface area contributed by atoms with E-state index in [1.54, 1.807) is 11.0 Å². The first-order valence-corrected chi connectivity index (χ1v) is 9.12. The largest absolute Gasteiger partial charge is 0.437 e. The summed E-state index contributed by atoms with van der Waals surface area (Å²) >= 11 is 1.39. The summed E-state index contributed by atoms with van der Waals surface area (Å²) in [7, 11) is 0. The molecule has 4 heterocycles. The molecule has 0 saturated carbocycles. The first-order valence-electron chi connectivity index (χ1n) is 8.24. The highest BCUT2D eigenvalue weighted by Crippen LogP contribution is 2.21. The molecule has 0 aliphatic carbocycles. The van der Waals surface area contributed by atoms with E-state index in [-0.39, 0.29) is 24.1 Å². The number of carbonyl (C=O) groups is 2. The molecule has 4 rings (SSSR count). The van der Waals surface area contributed by atoms with Crippen LogP contribution in [0.25, 0.3) is 10.8 Å². The van der Waals surface area contributed by atoms with E-state index in [0.717, 1.165) is 30.6 Å². The van der Waals surface area contributed by atoms with E-state index in [2.05, 4.69) is 10.1 Å². The number of nitrogens with one attached hydrogen (secondary N) is 1. The van der Waals surface area contributed by atoms with Crippen LogP contribution in [-0.2, 0) is 6.54 Å². The number of H-pyrrole nitrogens is 1. The summed E-state index contributed by atoms with van der Waals surface area (Å²) in [5.41, 5.74) is 0.710. The Bertz CT molecular complexity index is 992. The van der Waals surface area contributed by atoms with Crippen molar-refractivity contribution in [3.63, 3.8) is 0 Å². The minimum atomic E-state index is -0.689. The van der Waals surface area contributed by atoms with Crippen molar-refractivity contribution in [2.75, 3.05) is 13.1 Å². The van der Waals surface area contributed by atoms with Crippen LogP contribution in [0.15, 0.2) is 39.0 Å². The average Bonchev–Trinajstić information content (AvgIpc) is 3.41. The van der Waals surface area contributed by atoms with Crippen molar-refractivity contribution in [1.29, 1.82) is 0 Å². The Kier molecular flexibility index (Phi) is 4.29. The second-order valence-electron chi connectivity index (χ2n) is 6.03. The van der Waals surface area contributed by atoms with Gasteiger partial charge in [0.1, 0.15) is 12.2 Å². The van der Waals surface area contributed by atoms with Gasteiger partial charge in [-0.2, -0.15) is 4.68 Å². The number of hydrogen-bond acceptors (Lipinski definition) is 6. The number of rotatable bonds is 5. The maximum atomic E-state index is 12.4. The quantitative estimate of drug-likeness (QED) is 0.691. The van der Waals surface area contributed by atoms with Crippen LogP contribution >= 0.6 is 11.3 Å². The lowest BCUT2D eigenvalue weighted by atomic mass is 10.2. The Labute approximate surface area is 152 Å². The van der Waals surface area contributed by atoms with E-state index in [4.69, 9.17) is 4.42 Å². The number of amides is 1. The minimum Gasteiger partial charge on any atom is -0.387 e. The summed E-state index contributed by atoms with van der Waals surface area (Å²) in [6.45, 7) is 1.23. The van der Waals surface area contributed by atoms with Crippen LogP contribution in [0.3, 0.4) is 0 Å². The number of nitrogens with zero attached hydrogens (tertiary/aromatic N) is 3. The van der Waals surface area contributed by atoms with Crippen LogP contribution in [0.2, 0.25) is 0 Å². The SMILES string of the molecule is O=C(Cn1nc(-c2cccs2)oc1=O)c1c[nH]c(C(=O)N2CCCC2)c1. The number of carbonyl (C=O) groups excluding carboxylic acids is 2. The van der Waals surface area contributed by atoms with E-state index >= 15 is 0 Å². The first kappa shape index (κ1) is 16.5. The molecular weight excluding hydrogens is 356 g/mol. The zero-order chi connectivity index (χ0) is 18.1. The van der Waals surface area contributed by atoms with E-state index in [0.29, 0.717) is 16.1 Å². The molecule has 26 heavy (non-hydrogen) atoms. The van der Waals surface area contributed by atoms with Gasteiger partial charge < -0.3 is 14.3 Å². The van der Waals surface area contributed by atoms with Crippen molar-refractivity contribution in [2.24, 2.45) is 0 Å². The van der Waals surface area contributed by atoms with E-state index < -0.39 is 5.76 Å². The summed E-state index contributed by atoms with van der Waals surface area (Å²) in [5.74, 6) is -0.933. The number of thiophene rings is 1. The zero-order valence-electron chi connectivity index (χ0n) is 13.8. The molecule has 0 radical (unpaired) electrons. The van der Waals surface area contributed by atoms with Crippen molar-refractivity contribution in [3.05, 3.63) is 51.6 Å². The van der Waals surface area contributed by atoms with E-state index in [1.807, 2.05) is 11.4 Å². The third kappa shape index (κ3) is 3.13. The lowest BCUT2D eigenvalue weighted by Gasteiger charge is -2.13. The summed E-state index contributed by atoms with van der Waals surface area (Å²) in [6, 6.07) is 5.13. The maximum Gasteiger partial charge on any atom is 0.437 e. The second-order valence-corrected chi connectivity index (χ2v) is 6.98. The van der Waals surface area contributed by atoms with Crippen LogP contribution in [0.5, 0.6) is 0 Å². The first-order chi connectivity index (χ1) is 12.6. The topological polar surface area (TPSA) is 101 Å². The molecule has 0 aromatic carbocycles. The molecule has 1 aliphatic rings. The molecule has 0 atom stereocenters. The smallest absolute Gasteiger partial charge is 0.387 e. The van der Waals surface area contributed by atoms with Gasteiger partial charge in [0.15, 0.2) is 5.78 Å². The molecule has 0 bridgehead atoms. The lowest BCUT2D eigenvalue weighted by molar-refractivity contribution is 0.0787. The summed E-state index contributed by atoms with van der Waals surface area (Å²) in [6.07, 6.45) is 3.48. The molecule has 134 valence electrons. The van der Waals surface area contributed by atoms with Crippen LogP contribution in [0, 0.1) is 0 Å². The standard InChI is InChI=1S/C17H16N4O4S/c22-13(10-21-17(24)25-15(19-21)14-4-3-7-26-14)11-8-12(18-9-11)16(23)20-5-1-2-6-20/h3-4,7-9,18H,1-2,5-6,10H2. The van der Waals surface area contributed by atoms with Crippen LogP contribution in [-0.4, -0.2) is 44.4 Å². The molecule has 0 spiro atoms. The average molecular weight is 372 g/mol. The van der Waals surface area contributed by atoms with Gasteiger partial charge in [-0.05, 0) is 30.4 Å². The minimum absolute atomic E-state index is 0.111. The number of ketones is 1. The summed E-state index contributed by atoms with van der Waals surface area (Å²) in [5, 5.41) is 5.91. The third-order valence-corrected chi connectivity index (χ3v) is 5.12. The molecule has 3 aromatic heterocycles. The van der Waals surface area contributed by atoms with Gasteiger partial charge in [-0.25, -0.2) is 4.79 Å². The van der Waals surface area contributed by atoms with Crippen molar-refractivity contribution < 1.29 is 14.0 Å². The molecule has 1 N–H and O–H groups in total. The monoisotopic (exact) mass is 372 g/mol. The van der Waals surface area contributed by atoms with Gasteiger partial charge in [0.2, 0.25) is 0 Å². The molecule has 8 nitrogen and oxygen atoms in total. The second kappa shape index (κ2) is 6.75. The number of aromatic amines is 1. The number of likely N-dealkylation sites (tertiary alicyclic amines) is 1. The molecule has 1 fully saturated rings. The molecule has 0 unspecified atom stereocenters. The van der Waals surface area contributed by atoms with Crippen molar-refractivity contribution in [3.8, 4) is 10.8 Å². The number of hydrogen-bond donors (Lipinski definition) is 1. The predicted octanol–water partition coefficient (Wildman–Crippen LogP) is 2.01. The fraction of sp³-hybridized carbons (Fsp3) is 0.294. The molecule has 3 aromatic rings. The Morgan fingerprint density at radius 1 is 1.31 bits per heavy atom. The Balaban J connectivity index is 1.49. The third-order valence-electron chi connectivity index (χ3n) is 4.26. The van der Waals surface area contributed by atoms with Gasteiger partial charge >= 0.3 is 5.76 Å². The molecule has 9 heteroatoms. The summed E-state index contributed by atoms with van der Waals surface area (Å²) < 4.78 is 6.09. The van der Waals surface area contributed by atoms with E-state index in [1.165, 1.54) is 23.6 Å². The van der Waals surface area contributed by atoms with Gasteiger partial charge in [-0.15, -0.1) is 16.4 Å². The predicted molar refractivity (Wildman–Crippen MR) is 94.3 cm³/mol. The zero-order valence-corrected chi connectivity index (χ0v) is 14.6. The highest BCUT2D eigenvalue weighted by atomic mass is 32.1. The van der Waals surface area contributed by atoms with Crippen LogP contribution in [0.1, 0.15) is 33.7 Å². The molecule has 1 saturated heterocycles. The van der Waals surface area contributed by atoms with E-state index in [9.17, 15) is 14.4 Å². The Morgan fingerprint density at radius 3 is 2.85 bits per heavy atom. The van der Waals surface area contributed by atoms with Gasteiger partial charge in [-0.3, -0.25) is 9.59 Å². The lowest BCUT2D eigenvalue weighted by Crippen LogP contribution is -2.27. The fourth-order valence-corrected chi connectivity index (χ4v) is 3.55. The molecular formula is C17H16N4O4S. The highest BCUT2D eigenvalue weighted by Gasteiger charge is 2.22. The van der Waals surface area contributed by atoms with Gasteiger partial charge in [-0.1, -0.05) is 6.07 Å². The van der Waals surface area contributed by atoms with Crippen LogP contribution in [0.4, 0.5) is 0 Å². The van der Waals surface area contributed by atoms with Gasteiger partial charge in [0, 0.05) is 24.8 Å². The van der Waals surface area contributed by atoms with Crippen molar-refractivity contribution >= 4 is 23.0 Å². The fourth-order valence-electron chi connectivity index (χ4n) is 2.90. The Hall–Kier alpha value is -2.94. The van der Waals surface area contributed by atoms with Crippen molar-refractivity contribution in [2.45, 2.75) is 19.4 Å². The summed E-state index contributed by atoms with van der Waals surface area (Å²) in [4.78, 5) is 42.0. The highest BCUT2D eigenvalue weighted by molar-refractivity contribution is 7.13. The molecule has 1 amide bonds. The van der Waals surface area contributed by atoms with Gasteiger partial charge in [0.25, 0.3) is 11.8 Å².